The molecule has 0 spiro atoms. The Bertz CT molecular complexity index is 1290. The molecule has 4 aromatic rings. The van der Waals surface area contributed by atoms with Gasteiger partial charge in [0.05, 0.1) is 30.4 Å². The molecule has 0 aliphatic carbocycles. The van der Waals surface area contributed by atoms with Gasteiger partial charge in [0.15, 0.2) is 11.5 Å². The molecule has 2 aromatic heterocycles. The number of benzene rings is 2. The predicted molar refractivity (Wildman–Crippen MR) is 110 cm³/mol. The third-order valence-electron chi connectivity index (χ3n) is 4.33. The fraction of sp³-hybridized carbons (Fsp3) is 0.105. The van der Waals surface area contributed by atoms with Crippen LogP contribution in [0.4, 0.5) is 0 Å². The quantitative estimate of drug-likeness (QED) is 0.472. The number of fused-ring (bicyclic) bond motifs is 3. The molecule has 0 unspecified atom stereocenters. The van der Waals surface area contributed by atoms with Gasteiger partial charge in [-0.15, -0.1) is 0 Å². The number of methoxy groups -OCH3 is 2. The highest BCUT2D eigenvalue weighted by atomic mass is 79.9. The number of nitrogens with one attached hydrogen (secondary N) is 1. The van der Waals surface area contributed by atoms with Gasteiger partial charge in [-0.25, -0.2) is 4.98 Å². The van der Waals surface area contributed by atoms with Gasteiger partial charge >= 0.3 is 0 Å². The molecule has 4 rings (SSSR count). The number of hydrogen-bond donors (Lipinski definition) is 2. The standard InChI is InChI=1S/C19H15BrN4O4/c1-27-14-6-11-13(7-15(14)28-2)23-17-16(11)21-9-24(19(17)26)22-8-10-4-3-5-12(20)18(10)25/h3-9,23,25H,1-2H3. The van der Waals surface area contributed by atoms with E-state index in [-0.39, 0.29) is 11.3 Å². The monoisotopic (exact) mass is 442 g/mol. The molecule has 9 heteroatoms. The number of phenolic OH excluding ortho intramolecular Hbond substituents is 1. The minimum atomic E-state index is -0.370. The van der Waals surface area contributed by atoms with Gasteiger partial charge in [-0.1, -0.05) is 6.07 Å². The van der Waals surface area contributed by atoms with Crippen molar-refractivity contribution < 1.29 is 14.6 Å². The van der Waals surface area contributed by atoms with Crippen LogP contribution in [0.3, 0.4) is 0 Å². The van der Waals surface area contributed by atoms with E-state index in [1.165, 1.54) is 12.5 Å². The van der Waals surface area contributed by atoms with Crippen LogP contribution >= 0.6 is 15.9 Å². The number of ether oxygens (including phenoxy) is 2. The topological polar surface area (TPSA) is 102 Å². The molecule has 0 aliphatic rings. The Labute approximate surface area is 167 Å². The first-order valence-electron chi connectivity index (χ1n) is 8.20. The molecule has 0 amide bonds. The summed E-state index contributed by atoms with van der Waals surface area (Å²) in [6.07, 6.45) is 2.73. The first-order valence-corrected chi connectivity index (χ1v) is 8.99. The highest BCUT2D eigenvalue weighted by Gasteiger charge is 2.14. The number of halogens is 1. The number of H-pyrrole nitrogens is 1. The highest BCUT2D eigenvalue weighted by molar-refractivity contribution is 9.10. The third-order valence-corrected chi connectivity index (χ3v) is 4.97. The predicted octanol–water partition coefficient (Wildman–Crippen LogP) is 3.25. The molecule has 0 atom stereocenters. The Hall–Kier alpha value is -3.33. The van der Waals surface area contributed by atoms with Crippen LogP contribution in [0.5, 0.6) is 17.2 Å². The lowest BCUT2D eigenvalue weighted by Gasteiger charge is -2.06. The molecule has 2 aromatic carbocycles. The first-order chi connectivity index (χ1) is 13.5. The molecule has 0 bridgehead atoms. The van der Waals surface area contributed by atoms with Crippen molar-refractivity contribution in [3.63, 3.8) is 0 Å². The lowest BCUT2D eigenvalue weighted by Crippen LogP contribution is -2.17. The molecule has 2 N–H and O–H groups in total. The molecular formula is C19H15BrN4O4. The van der Waals surface area contributed by atoms with Crippen LogP contribution < -0.4 is 15.0 Å². The van der Waals surface area contributed by atoms with Crippen molar-refractivity contribution >= 4 is 44.1 Å². The maximum atomic E-state index is 12.8. The van der Waals surface area contributed by atoms with E-state index in [0.29, 0.717) is 38.1 Å². The maximum absolute atomic E-state index is 12.8. The molecule has 28 heavy (non-hydrogen) atoms. The van der Waals surface area contributed by atoms with E-state index in [1.807, 2.05) is 0 Å². The van der Waals surface area contributed by atoms with Gasteiger partial charge in [0.1, 0.15) is 23.1 Å². The number of aromatic hydroxyl groups is 1. The molecule has 8 nitrogen and oxygen atoms in total. The fourth-order valence-electron chi connectivity index (χ4n) is 2.92. The Morgan fingerprint density at radius 1 is 1.25 bits per heavy atom. The summed E-state index contributed by atoms with van der Waals surface area (Å²) in [4.78, 5) is 20.3. The average molecular weight is 443 g/mol. The first kappa shape index (κ1) is 18.1. The Kier molecular flexibility index (Phi) is 4.52. The van der Waals surface area contributed by atoms with Crippen LogP contribution in [-0.4, -0.2) is 40.2 Å². The summed E-state index contributed by atoms with van der Waals surface area (Å²) in [6, 6.07) is 8.67. The maximum Gasteiger partial charge on any atom is 0.298 e. The minimum Gasteiger partial charge on any atom is -0.506 e. The SMILES string of the molecule is COc1cc2[nH]c3c(=O)n(N=Cc4cccc(Br)c4O)cnc3c2cc1OC. The van der Waals surface area contributed by atoms with Crippen molar-refractivity contribution in [3.05, 3.63) is 57.0 Å². The van der Waals surface area contributed by atoms with Gasteiger partial charge in [-0.2, -0.15) is 9.78 Å². The molecular weight excluding hydrogens is 428 g/mol. The Balaban J connectivity index is 1.85. The van der Waals surface area contributed by atoms with E-state index in [4.69, 9.17) is 9.47 Å². The highest BCUT2D eigenvalue weighted by Crippen LogP contribution is 2.34. The lowest BCUT2D eigenvalue weighted by molar-refractivity contribution is 0.356. The van der Waals surface area contributed by atoms with Crippen molar-refractivity contribution in [2.75, 3.05) is 14.2 Å². The molecule has 0 fully saturated rings. The summed E-state index contributed by atoms with van der Waals surface area (Å²) < 4.78 is 12.3. The van der Waals surface area contributed by atoms with E-state index >= 15 is 0 Å². The van der Waals surface area contributed by atoms with Gasteiger partial charge in [-0.3, -0.25) is 4.79 Å². The fourth-order valence-corrected chi connectivity index (χ4v) is 3.30. The molecule has 0 saturated carbocycles. The summed E-state index contributed by atoms with van der Waals surface area (Å²) in [6.45, 7) is 0. The van der Waals surface area contributed by atoms with Gasteiger partial charge in [0, 0.05) is 17.0 Å². The van der Waals surface area contributed by atoms with Gasteiger partial charge < -0.3 is 19.6 Å². The summed E-state index contributed by atoms with van der Waals surface area (Å²) >= 11 is 3.24. The van der Waals surface area contributed by atoms with Crippen LogP contribution in [-0.2, 0) is 0 Å². The zero-order chi connectivity index (χ0) is 19.8. The normalized spacial score (nSPS) is 11.5. The second-order valence-corrected chi connectivity index (χ2v) is 6.77. The number of aromatic nitrogens is 3. The summed E-state index contributed by atoms with van der Waals surface area (Å²) in [5.74, 6) is 1.13. The lowest BCUT2D eigenvalue weighted by atomic mass is 10.2. The number of aromatic amines is 1. The number of nitrogens with zero attached hydrogens (tertiary/aromatic N) is 3. The Morgan fingerprint density at radius 2 is 2.00 bits per heavy atom. The van der Waals surface area contributed by atoms with Crippen LogP contribution in [0.2, 0.25) is 0 Å². The van der Waals surface area contributed by atoms with Gasteiger partial charge in [-0.05, 0) is 34.1 Å². The molecule has 0 saturated heterocycles. The van der Waals surface area contributed by atoms with Crippen LogP contribution in [0, 0.1) is 0 Å². The number of phenols is 1. The molecule has 0 aliphatic heterocycles. The Morgan fingerprint density at radius 3 is 2.75 bits per heavy atom. The van der Waals surface area contributed by atoms with Crippen molar-refractivity contribution in [2.45, 2.75) is 0 Å². The zero-order valence-corrected chi connectivity index (χ0v) is 16.5. The van der Waals surface area contributed by atoms with Crippen molar-refractivity contribution in [1.82, 2.24) is 14.6 Å². The minimum absolute atomic E-state index is 0.0399. The number of rotatable bonds is 4. The summed E-state index contributed by atoms with van der Waals surface area (Å²) in [5.41, 5.74) is 1.61. The van der Waals surface area contributed by atoms with Crippen LogP contribution in [0.25, 0.3) is 21.9 Å². The van der Waals surface area contributed by atoms with Crippen molar-refractivity contribution in [3.8, 4) is 17.2 Å². The van der Waals surface area contributed by atoms with E-state index < -0.39 is 0 Å². The van der Waals surface area contributed by atoms with Gasteiger partial charge in [0.25, 0.3) is 5.56 Å². The van der Waals surface area contributed by atoms with E-state index in [2.05, 4.69) is 31.0 Å². The second-order valence-electron chi connectivity index (χ2n) is 5.92. The van der Waals surface area contributed by atoms with E-state index in [9.17, 15) is 9.90 Å². The largest absolute Gasteiger partial charge is 0.506 e. The average Bonchev–Trinajstić information content (AvgIpc) is 3.07. The van der Waals surface area contributed by atoms with Crippen molar-refractivity contribution in [1.29, 1.82) is 0 Å². The van der Waals surface area contributed by atoms with Gasteiger partial charge in [0.2, 0.25) is 0 Å². The van der Waals surface area contributed by atoms with E-state index in [1.54, 1.807) is 44.6 Å². The van der Waals surface area contributed by atoms with E-state index in [0.717, 1.165) is 10.1 Å². The summed E-state index contributed by atoms with van der Waals surface area (Å²) in [7, 11) is 3.09. The molecule has 2 heterocycles. The number of hydrogen-bond acceptors (Lipinski definition) is 6. The van der Waals surface area contributed by atoms with Crippen LogP contribution in [0.1, 0.15) is 5.56 Å². The van der Waals surface area contributed by atoms with Crippen LogP contribution in [0.15, 0.2) is 51.0 Å². The number of para-hydroxylation sites is 1. The smallest absolute Gasteiger partial charge is 0.298 e. The molecule has 0 radical (unpaired) electrons. The zero-order valence-electron chi connectivity index (χ0n) is 14.9. The molecule has 142 valence electrons. The second kappa shape index (κ2) is 7.01. The summed E-state index contributed by atoms with van der Waals surface area (Å²) in [5, 5.41) is 14.9. The van der Waals surface area contributed by atoms with Crippen molar-refractivity contribution in [2.24, 2.45) is 5.10 Å². The third kappa shape index (κ3) is 2.89.